The van der Waals surface area contributed by atoms with Crippen LogP contribution in [0.1, 0.15) is 53.9 Å². The number of hydrogen-bond acceptors (Lipinski definition) is 2. The van der Waals surface area contributed by atoms with Gasteiger partial charge in [-0.25, -0.2) is 0 Å². The van der Waals surface area contributed by atoms with E-state index in [0.717, 1.165) is 37.9 Å². The first-order valence-electron chi connectivity index (χ1n) is 7.84. The molecule has 1 N–H and O–H groups in total. The molecular formula is C16H33NO. The van der Waals surface area contributed by atoms with Crippen LogP contribution in [0.5, 0.6) is 0 Å². The fourth-order valence-electron chi connectivity index (χ4n) is 3.27. The quantitative estimate of drug-likeness (QED) is 0.786. The van der Waals surface area contributed by atoms with Gasteiger partial charge in [0.15, 0.2) is 0 Å². The zero-order valence-corrected chi connectivity index (χ0v) is 13.0. The molecule has 0 aromatic carbocycles. The first kappa shape index (κ1) is 16.0. The lowest BCUT2D eigenvalue weighted by atomic mass is 9.74. The molecule has 0 aromatic rings. The molecule has 108 valence electrons. The van der Waals surface area contributed by atoms with Crippen LogP contribution in [-0.4, -0.2) is 35.7 Å². The predicted octanol–water partition coefficient (Wildman–Crippen LogP) is 3.40. The molecule has 2 nitrogen and oxygen atoms in total. The average molecular weight is 255 g/mol. The molecule has 0 heterocycles. The molecule has 0 aromatic heterocycles. The van der Waals surface area contributed by atoms with E-state index in [0.29, 0.717) is 11.8 Å². The minimum Gasteiger partial charge on any atom is -0.393 e. The van der Waals surface area contributed by atoms with Crippen molar-refractivity contribution >= 4 is 0 Å². The first-order chi connectivity index (χ1) is 8.43. The fraction of sp³-hybridized carbons (Fsp3) is 1.00. The van der Waals surface area contributed by atoms with Crippen LogP contribution in [0.3, 0.4) is 0 Å². The van der Waals surface area contributed by atoms with E-state index in [9.17, 15) is 5.11 Å². The van der Waals surface area contributed by atoms with Crippen LogP contribution >= 0.6 is 0 Å². The van der Waals surface area contributed by atoms with E-state index in [1.54, 1.807) is 0 Å². The van der Waals surface area contributed by atoms with Crippen LogP contribution in [0.2, 0.25) is 0 Å². The van der Waals surface area contributed by atoms with Crippen molar-refractivity contribution in [3.63, 3.8) is 0 Å². The molecule has 0 saturated heterocycles. The lowest BCUT2D eigenvalue weighted by Gasteiger charge is -2.38. The lowest BCUT2D eigenvalue weighted by Crippen LogP contribution is -2.41. The van der Waals surface area contributed by atoms with E-state index in [-0.39, 0.29) is 6.10 Å². The zero-order chi connectivity index (χ0) is 13.7. The Morgan fingerprint density at radius 3 is 2.33 bits per heavy atom. The third kappa shape index (κ3) is 4.89. The molecule has 1 aliphatic rings. The van der Waals surface area contributed by atoms with Crippen molar-refractivity contribution in [2.45, 2.75) is 60.0 Å². The molecule has 3 atom stereocenters. The molecule has 3 unspecified atom stereocenters. The van der Waals surface area contributed by atoms with Crippen molar-refractivity contribution in [2.24, 2.45) is 23.7 Å². The first-order valence-corrected chi connectivity index (χ1v) is 7.84. The van der Waals surface area contributed by atoms with Crippen molar-refractivity contribution in [1.82, 2.24) is 4.90 Å². The normalized spacial score (nSPS) is 29.5. The molecule has 0 spiro atoms. The third-order valence-corrected chi connectivity index (χ3v) is 4.49. The van der Waals surface area contributed by atoms with Gasteiger partial charge in [0.05, 0.1) is 6.10 Å². The SMILES string of the molecule is CCN(CC(C)C)CC1CC(C(C)C)CCC1O. The second-order valence-corrected chi connectivity index (χ2v) is 6.89. The molecule has 1 fully saturated rings. The maximum absolute atomic E-state index is 10.2. The van der Waals surface area contributed by atoms with E-state index in [1.807, 2.05) is 0 Å². The highest BCUT2D eigenvalue weighted by Crippen LogP contribution is 2.34. The molecule has 2 heteroatoms. The van der Waals surface area contributed by atoms with Gasteiger partial charge >= 0.3 is 0 Å². The molecule has 0 bridgehead atoms. The highest BCUT2D eigenvalue weighted by Gasteiger charge is 2.31. The van der Waals surface area contributed by atoms with Crippen molar-refractivity contribution in [3.05, 3.63) is 0 Å². The van der Waals surface area contributed by atoms with Crippen molar-refractivity contribution < 1.29 is 5.11 Å². The van der Waals surface area contributed by atoms with Crippen molar-refractivity contribution in [3.8, 4) is 0 Å². The fourth-order valence-corrected chi connectivity index (χ4v) is 3.27. The molecule has 1 aliphatic carbocycles. The van der Waals surface area contributed by atoms with Crippen LogP contribution in [-0.2, 0) is 0 Å². The van der Waals surface area contributed by atoms with E-state index in [4.69, 9.17) is 0 Å². The van der Waals surface area contributed by atoms with Crippen LogP contribution in [0.4, 0.5) is 0 Å². The lowest BCUT2D eigenvalue weighted by molar-refractivity contribution is 0.0176. The van der Waals surface area contributed by atoms with Gasteiger partial charge in [0, 0.05) is 13.1 Å². The molecule has 0 amide bonds. The second kappa shape index (κ2) is 7.49. The Bertz CT molecular complexity index is 227. The largest absolute Gasteiger partial charge is 0.393 e. The minimum absolute atomic E-state index is 0.0683. The number of aliphatic hydroxyl groups is 1. The Morgan fingerprint density at radius 2 is 1.83 bits per heavy atom. The average Bonchev–Trinajstić information content (AvgIpc) is 2.29. The number of aliphatic hydroxyl groups excluding tert-OH is 1. The maximum Gasteiger partial charge on any atom is 0.0580 e. The summed E-state index contributed by atoms with van der Waals surface area (Å²) in [7, 11) is 0. The minimum atomic E-state index is -0.0683. The molecule has 0 radical (unpaired) electrons. The summed E-state index contributed by atoms with van der Waals surface area (Å²) in [6.45, 7) is 14.8. The molecule has 18 heavy (non-hydrogen) atoms. The van der Waals surface area contributed by atoms with Gasteiger partial charge in [-0.3, -0.25) is 0 Å². The van der Waals surface area contributed by atoms with Gasteiger partial charge in [-0.05, 0) is 49.5 Å². The van der Waals surface area contributed by atoms with Gasteiger partial charge in [-0.2, -0.15) is 0 Å². The Kier molecular flexibility index (Phi) is 6.65. The van der Waals surface area contributed by atoms with Crippen molar-refractivity contribution in [1.29, 1.82) is 0 Å². The van der Waals surface area contributed by atoms with Crippen LogP contribution < -0.4 is 0 Å². The topological polar surface area (TPSA) is 23.5 Å². The standard InChI is InChI=1S/C16H33NO/c1-6-17(10-12(2)3)11-15-9-14(13(4)5)7-8-16(15)18/h12-16,18H,6-11H2,1-5H3. The highest BCUT2D eigenvalue weighted by atomic mass is 16.3. The van der Waals surface area contributed by atoms with Crippen LogP contribution in [0.15, 0.2) is 0 Å². The van der Waals surface area contributed by atoms with E-state index < -0.39 is 0 Å². The predicted molar refractivity (Wildman–Crippen MR) is 78.6 cm³/mol. The monoisotopic (exact) mass is 255 g/mol. The Hall–Kier alpha value is -0.0800. The molecule has 1 rings (SSSR count). The zero-order valence-electron chi connectivity index (χ0n) is 13.0. The summed E-state index contributed by atoms with van der Waals surface area (Å²) in [5.74, 6) is 2.78. The van der Waals surface area contributed by atoms with Crippen molar-refractivity contribution in [2.75, 3.05) is 19.6 Å². The summed E-state index contributed by atoms with van der Waals surface area (Å²) in [6.07, 6.45) is 3.37. The summed E-state index contributed by atoms with van der Waals surface area (Å²) < 4.78 is 0. The van der Waals surface area contributed by atoms with E-state index >= 15 is 0 Å². The van der Waals surface area contributed by atoms with E-state index in [1.165, 1.54) is 12.8 Å². The van der Waals surface area contributed by atoms with Gasteiger partial charge in [0.1, 0.15) is 0 Å². The van der Waals surface area contributed by atoms with Gasteiger partial charge in [-0.15, -0.1) is 0 Å². The Morgan fingerprint density at radius 1 is 1.17 bits per heavy atom. The van der Waals surface area contributed by atoms with Gasteiger partial charge in [0.2, 0.25) is 0 Å². The Balaban J connectivity index is 2.51. The summed E-state index contributed by atoms with van der Waals surface area (Å²) in [6, 6.07) is 0. The smallest absolute Gasteiger partial charge is 0.0580 e. The second-order valence-electron chi connectivity index (χ2n) is 6.89. The number of rotatable bonds is 6. The van der Waals surface area contributed by atoms with Gasteiger partial charge in [-0.1, -0.05) is 34.6 Å². The Labute approximate surface area is 114 Å². The summed E-state index contributed by atoms with van der Waals surface area (Å²) in [4.78, 5) is 2.52. The molecule has 0 aliphatic heterocycles. The summed E-state index contributed by atoms with van der Waals surface area (Å²) in [5, 5.41) is 10.2. The summed E-state index contributed by atoms with van der Waals surface area (Å²) in [5.41, 5.74) is 0. The van der Waals surface area contributed by atoms with Gasteiger partial charge in [0.25, 0.3) is 0 Å². The van der Waals surface area contributed by atoms with Crippen LogP contribution in [0, 0.1) is 23.7 Å². The van der Waals surface area contributed by atoms with E-state index in [2.05, 4.69) is 39.5 Å². The summed E-state index contributed by atoms with van der Waals surface area (Å²) >= 11 is 0. The third-order valence-electron chi connectivity index (χ3n) is 4.49. The van der Waals surface area contributed by atoms with Gasteiger partial charge < -0.3 is 10.0 Å². The highest BCUT2D eigenvalue weighted by molar-refractivity contribution is 4.83. The number of hydrogen-bond donors (Lipinski definition) is 1. The maximum atomic E-state index is 10.2. The number of nitrogens with zero attached hydrogens (tertiary/aromatic N) is 1. The molecule has 1 saturated carbocycles. The van der Waals surface area contributed by atoms with Crippen LogP contribution in [0.25, 0.3) is 0 Å². The molecular weight excluding hydrogens is 222 g/mol.